The van der Waals surface area contributed by atoms with Gasteiger partial charge in [-0.25, -0.2) is 0 Å². The van der Waals surface area contributed by atoms with Crippen molar-refractivity contribution in [2.45, 2.75) is 32.8 Å². The minimum Gasteiger partial charge on any atom is -0.480 e. The lowest BCUT2D eigenvalue weighted by Crippen LogP contribution is -2.50. The molecule has 156 valence electrons. The first-order valence-electron chi connectivity index (χ1n) is 9.13. The maximum absolute atomic E-state index is 12.5. The van der Waals surface area contributed by atoms with Crippen molar-refractivity contribution in [2.75, 3.05) is 24.5 Å². The largest absolute Gasteiger partial charge is 0.480 e. The lowest BCUT2D eigenvalue weighted by Gasteiger charge is -2.32. The first-order valence-corrected chi connectivity index (χ1v) is 9.13. The molecule has 1 heterocycles. The molecule has 0 radical (unpaired) electrons. The molecule has 2 rings (SSSR count). The molecule has 1 atom stereocenters. The van der Waals surface area contributed by atoms with E-state index in [9.17, 15) is 24.0 Å². The Morgan fingerprint density at radius 1 is 1.14 bits per heavy atom. The lowest BCUT2D eigenvalue weighted by atomic mass is 10.0. The Morgan fingerprint density at radius 3 is 2.48 bits per heavy atom. The van der Waals surface area contributed by atoms with Crippen molar-refractivity contribution in [3.63, 3.8) is 0 Å². The summed E-state index contributed by atoms with van der Waals surface area (Å²) in [4.78, 5) is 60.1. The van der Waals surface area contributed by atoms with Crippen LogP contribution in [0.4, 0.5) is 5.69 Å². The van der Waals surface area contributed by atoms with Gasteiger partial charge in [0.05, 0.1) is 12.2 Å². The van der Waals surface area contributed by atoms with Gasteiger partial charge in [0.25, 0.3) is 5.91 Å². The van der Waals surface area contributed by atoms with Crippen molar-refractivity contribution in [2.24, 2.45) is 0 Å². The van der Waals surface area contributed by atoms with Crippen LogP contribution in [0.5, 0.6) is 5.75 Å². The first-order chi connectivity index (χ1) is 13.7. The zero-order chi connectivity index (χ0) is 21.6. The molecule has 10 nitrogen and oxygen atoms in total. The minimum absolute atomic E-state index is 0.0825. The molecule has 0 aliphatic carbocycles. The van der Waals surface area contributed by atoms with Crippen molar-refractivity contribution in [1.82, 2.24) is 10.6 Å². The van der Waals surface area contributed by atoms with Crippen LogP contribution in [0.2, 0.25) is 0 Å². The molecule has 29 heavy (non-hydrogen) atoms. The fourth-order valence-electron chi connectivity index (χ4n) is 2.73. The quantitative estimate of drug-likeness (QED) is 0.495. The average Bonchev–Trinajstić information content (AvgIpc) is 2.68. The number of carboxylic acid groups (broad SMARTS) is 1. The van der Waals surface area contributed by atoms with Crippen molar-refractivity contribution < 1.29 is 33.8 Å². The van der Waals surface area contributed by atoms with Gasteiger partial charge < -0.3 is 20.5 Å². The number of aliphatic carboxylic acids is 1. The van der Waals surface area contributed by atoms with Crippen molar-refractivity contribution in [1.29, 1.82) is 0 Å². The van der Waals surface area contributed by atoms with E-state index in [-0.39, 0.29) is 12.3 Å². The number of ether oxygens (including phenoxy) is 1. The molecule has 3 N–H and O–H groups in total. The maximum atomic E-state index is 12.5. The van der Waals surface area contributed by atoms with Crippen molar-refractivity contribution in [3.05, 3.63) is 23.8 Å². The number of rotatable bonds is 9. The number of Topliss-reactive ketones (excluding diaryl/α,β-unsaturated/α-hetero) is 1. The van der Waals surface area contributed by atoms with Gasteiger partial charge >= 0.3 is 5.97 Å². The van der Waals surface area contributed by atoms with Crippen LogP contribution in [0, 0.1) is 0 Å². The highest BCUT2D eigenvalue weighted by Crippen LogP contribution is 2.35. The van der Waals surface area contributed by atoms with E-state index in [1.165, 1.54) is 11.0 Å². The molecule has 0 spiro atoms. The maximum Gasteiger partial charge on any atom is 0.322 e. The zero-order valence-corrected chi connectivity index (χ0v) is 16.2. The number of hydrogen-bond donors (Lipinski definition) is 3. The number of hydrogen-bond acceptors (Lipinski definition) is 6. The number of carbonyl (C=O) groups excluding carboxylic acids is 4. The van der Waals surface area contributed by atoms with E-state index in [2.05, 4.69) is 10.6 Å². The fraction of sp³-hybridized carbons (Fsp3) is 0.421. The zero-order valence-electron chi connectivity index (χ0n) is 16.2. The topological polar surface area (TPSA) is 142 Å². The first kappa shape index (κ1) is 21.9. The number of carboxylic acids is 1. The number of amides is 3. The van der Waals surface area contributed by atoms with E-state index in [0.717, 1.165) is 0 Å². The highest BCUT2D eigenvalue weighted by Gasteiger charge is 2.33. The third-order valence-corrected chi connectivity index (χ3v) is 4.15. The van der Waals surface area contributed by atoms with Crippen LogP contribution in [-0.2, 0) is 19.2 Å². The number of carbonyl (C=O) groups is 5. The van der Waals surface area contributed by atoms with Gasteiger partial charge in [-0.2, -0.15) is 0 Å². The molecule has 10 heteroatoms. The second-order valence-corrected chi connectivity index (χ2v) is 6.49. The summed E-state index contributed by atoms with van der Waals surface area (Å²) in [6, 6.07) is 4.72. The Labute approximate surface area is 167 Å². The van der Waals surface area contributed by atoms with E-state index in [0.29, 0.717) is 29.8 Å². The van der Waals surface area contributed by atoms with Crippen molar-refractivity contribution in [3.8, 4) is 5.75 Å². The summed E-state index contributed by atoms with van der Waals surface area (Å²) < 4.78 is 5.55. The standard InChI is InChI=1S/C19H23N3O7/c1-3-4-14(23)12-5-6-15-13(7-12)22(19(28)11(2)29-15)10-17(25)20-8-16(24)21-9-18(26)27/h5-7,11H,3-4,8-10H2,1-2H3,(H,20,25)(H,21,24)(H,26,27). The molecule has 0 bridgehead atoms. The molecule has 0 saturated heterocycles. The molecule has 1 aliphatic heterocycles. The fourth-order valence-corrected chi connectivity index (χ4v) is 2.73. The number of nitrogens with one attached hydrogen (secondary N) is 2. The SMILES string of the molecule is CCCC(=O)c1ccc2c(c1)N(CC(=O)NCC(=O)NCC(=O)O)C(=O)C(C)O2. The Kier molecular flexibility index (Phi) is 7.29. The summed E-state index contributed by atoms with van der Waals surface area (Å²) in [6.07, 6.45) is 0.223. The number of anilines is 1. The van der Waals surface area contributed by atoms with Crippen molar-refractivity contribution >= 4 is 35.2 Å². The van der Waals surface area contributed by atoms with Crippen LogP contribution in [0.1, 0.15) is 37.0 Å². The van der Waals surface area contributed by atoms with Crippen LogP contribution >= 0.6 is 0 Å². The van der Waals surface area contributed by atoms with E-state index in [4.69, 9.17) is 9.84 Å². The molecular formula is C19H23N3O7. The average molecular weight is 405 g/mol. The highest BCUT2D eigenvalue weighted by molar-refractivity contribution is 6.05. The Hall–Kier alpha value is -3.43. The number of nitrogens with zero attached hydrogens (tertiary/aromatic N) is 1. The van der Waals surface area contributed by atoms with Gasteiger partial charge in [0.2, 0.25) is 11.8 Å². The summed E-state index contributed by atoms with van der Waals surface area (Å²) >= 11 is 0. The van der Waals surface area contributed by atoms with E-state index < -0.39 is 42.9 Å². The number of fused-ring (bicyclic) bond motifs is 1. The molecule has 3 amide bonds. The molecule has 1 aromatic carbocycles. The molecular weight excluding hydrogens is 382 g/mol. The van der Waals surface area contributed by atoms with Gasteiger partial charge in [-0.05, 0) is 31.5 Å². The molecule has 1 aromatic rings. The number of ketones is 1. The van der Waals surface area contributed by atoms with Crippen LogP contribution in [0.3, 0.4) is 0 Å². The third kappa shape index (κ3) is 5.77. The summed E-state index contributed by atoms with van der Waals surface area (Å²) in [5.74, 6) is -2.66. The van der Waals surface area contributed by atoms with Gasteiger partial charge in [0.1, 0.15) is 18.8 Å². The molecule has 0 aromatic heterocycles. The molecule has 1 aliphatic rings. The minimum atomic E-state index is -1.21. The Balaban J connectivity index is 2.11. The lowest BCUT2D eigenvalue weighted by molar-refractivity contribution is -0.137. The van der Waals surface area contributed by atoms with Crippen LogP contribution in [0.25, 0.3) is 0 Å². The monoisotopic (exact) mass is 405 g/mol. The summed E-state index contributed by atoms with van der Waals surface area (Å²) in [5, 5.41) is 13.0. The summed E-state index contributed by atoms with van der Waals surface area (Å²) in [6.45, 7) is 2.06. The molecule has 0 fully saturated rings. The normalized spacial score (nSPS) is 15.2. The van der Waals surface area contributed by atoms with Crippen LogP contribution in [0.15, 0.2) is 18.2 Å². The predicted molar refractivity (Wildman–Crippen MR) is 102 cm³/mol. The van der Waals surface area contributed by atoms with Gasteiger partial charge in [-0.1, -0.05) is 6.92 Å². The van der Waals surface area contributed by atoms with Gasteiger partial charge in [0.15, 0.2) is 11.9 Å². The van der Waals surface area contributed by atoms with Gasteiger partial charge in [-0.15, -0.1) is 0 Å². The third-order valence-electron chi connectivity index (χ3n) is 4.15. The second kappa shape index (κ2) is 9.67. The van der Waals surface area contributed by atoms with Gasteiger partial charge in [-0.3, -0.25) is 28.9 Å². The molecule has 0 saturated carbocycles. The van der Waals surface area contributed by atoms with E-state index >= 15 is 0 Å². The van der Waals surface area contributed by atoms with E-state index in [1.807, 2.05) is 6.92 Å². The van der Waals surface area contributed by atoms with Gasteiger partial charge in [0, 0.05) is 12.0 Å². The van der Waals surface area contributed by atoms with E-state index in [1.54, 1.807) is 19.1 Å². The highest BCUT2D eigenvalue weighted by atomic mass is 16.5. The predicted octanol–water partition coefficient (Wildman–Crippen LogP) is 0.100. The molecule has 1 unspecified atom stereocenters. The second-order valence-electron chi connectivity index (χ2n) is 6.49. The Bertz CT molecular complexity index is 837. The van der Waals surface area contributed by atoms with Crippen LogP contribution in [-0.4, -0.2) is 60.3 Å². The summed E-state index contributed by atoms with van der Waals surface area (Å²) in [7, 11) is 0. The smallest absolute Gasteiger partial charge is 0.322 e. The Morgan fingerprint density at radius 2 is 1.83 bits per heavy atom. The van der Waals surface area contributed by atoms with Crippen LogP contribution < -0.4 is 20.3 Å². The summed E-state index contributed by atoms with van der Waals surface area (Å²) in [5.41, 5.74) is 0.718. The number of benzene rings is 1.